The van der Waals surface area contributed by atoms with E-state index in [-0.39, 0.29) is 17.4 Å². The van der Waals surface area contributed by atoms with Crippen LogP contribution in [0.15, 0.2) is 53.6 Å². The monoisotopic (exact) mass is 290 g/mol. The molecule has 102 valence electrons. The molecule has 20 heavy (non-hydrogen) atoms. The first kappa shape index (κ1) is 14.2. The molecule has 3 nitrogen and oxygen atoms in total. The molecule has 2 rings (SSSR count). The van der Waals surface area contributed by atoms with Gasteiger partial charge in [0.25, 0.3) is 0 Å². The highest BCUT2D eigenvalue weighted by Gasteiger charge is 2.02. The lowest BCUT2D eigenvalue weighted by atomic mass is 10.1. The number of halogens is 2. The molecule has 0 spiro atoms. The number of nitrogens with zero attached hydrogens (tertiary/aromatic N) is 1. The van der Waals surface area contributed by atoms with Gasteiger partial charge in [0.05, 0.1) is 17.7 Å². The van der Waals surface area contributed by atoms with Gasteiger partial charge in [-0.15, -0.1) is 0 Å². The zero-order valence-electron chi connectivity index (χ0n) is 10.5. The Morgan fingerprint density at radius 3 is 2.70 bits per heavy atom. The second-order valence-electron chi connectivity index (χ2n) is 4.12. The summed E-state index contributed by atoms with van der Waals surface area (Å²) in [6, 6.07) is 13.3. The van der Waals surface area contributed by atoms with Crippen molar-refractivity contribution >= 4 is 23.7 Å². The largest absolute Gasteiger partial charge is 0.273 e. The molecule has 1 amide bonds. The molecule has 0 aliphatic rings. The summed E-state index contributed by atoms with van der Waals surface area (Å²) in [7, 11) is 0. The van der Waals surface area contributed by atoms with E-state index in [1.54, 1.807) is 0 Å². The van der Waals surface area contributed by atoms with E-state index in [0.717, 1.165) is 5.56 Å². The van der Waals surface area contributed by atoms with E-state index in [4.69, 9.17) is 11.6 Å². The fourth-order valence-electron chi connectivity index (χ4n) is 1.60. The summed E-state index contributed by atoms with van der Waals surface area (Å²) in [5, 5.41) is 4.04. The van der Waals surface area contributed by atoms with Crippen LogP contribution in [0, 0.1) is 5.82 Å². The molecule has 0 atom stereocenters. The molecule has 0 radical (unpaired) electrons. The molecule has 5 heteroatoms. The summed E-state index contributed by atoms with van der Waals surface area (Å²) in [5.74, 6) is -0.647. The maximum atomic E-state index is 12.8. The second-order valence-corrected chi connectivity index (χ2v) is 4.53. The topological polar surface area (TPSA) is 41.5 Å². The first-order valence-electron chi connectivity index (χ1n) is 5.96. The first-order valence-corrected chi connectivity index (χ1v) is 6.34. The summed E-state index contributed by atoms with van der Waals surface area (Å²) in [6.07, 6.45) is 1.62. The average Bonchev–Trinajstić information content (AvgIpc) is 2.42. The minimum absolute atomic E-state index is 0.231. The Bertz CT molecular complexity index is 629. The van der Waals surface area contributed by atoms with Gasteiger partial charge in [-0.1, -0.05) is 41.9 Å². The van der Waals surface area contributed by atoms with E-state index >= 15 is 0 Å². The number of hydrogen-bond acceptors (Lipinski definition) is 2. The van der Waals surface area contributed by atoms with Gasteiger partial charge in [0.2, 0.25) is 5.91 Å². The Hall–Kier alpha value is -2.20. The van der Waals surface area contributed by atoms with Crippen LogP contribution in [0.25, 0.3) is 0 Å². The summed E-state index contributed by atoms with van der Waals surface area (Å²) in [5.41, 5.74) is 3.84. The zero-order chi connectivity index (χ0) is 14.4. The summed E-state index contributed by atoms with van der Waals surface area (Å²) < 4.78 is 12.8. The number of benzene rings is 2. The summed E-state index contributed by atoms with van der Waals surface area (Å²) >= 11 is 5.83. The molecule has 0 aliphatic carbocycles. The van der Waals surface area contributed by atoms with Gasteiger partial charge in [-0.2, -0.15) is 5.10 Å². The van der Waals surface area contributed by atoms with Crippen molar-refractivity contribution in [2.75, 3.05) is 0 Å². The fourth-order valence-corrected chi connectivity index (χ4v) is 1.82. The van der Waals surface area contributed by atoms with Gasteiger partial charge in [0.15, 0.2) is 0 Å². The number of rotatable bonds is 4. The summed E-state index contributed by atoms with van der Waals surface area (Å²) in [6.45, 7) is 0. The highest BCUT2D eigenvalue weighted by Crippen LogP contribution is 2.14. The van der Waals surface area contributed by atoms with E-state index in [0.29, 0.717) is 5.56 Å². The van der Waals surface area contributed by atoms with Crippen LogP contribution in [0.4, 0.5) is 4.39 Å². The molecule has 0 aliphatic heterocycles. The van der Waals surface area contributed by atoms with Crippen molar-refractivity contribution in [3.05, 3.63) is 70.5 Å². The molecule has 0 heterocycles. The molecular formula is C15H12ClFN2O. The van der Waals surface area contributed by atoms with Crippen LogP contribution >= 0.6 is 11.6 Å². The Morgan fingerprint density at radius 1 is 1.25 bits per heavy atom. The number of nitrogens with one attached hydrogen (secondary N) is 1. The Labute approximate surface area is 121 Å². The summed E-state index contributed by atoms with van der Waals surface area (Å²) in [4.78, 5) is 11.6. The molecule has 2 aromatic carbocycles. The smallest absolute Gasteiger partial charge is 0.244 e. The van der Waals surface area contributed by atoms with Crippen molar-refractivity contribution in [1.82, 2.24) is 5.43 Å². The molecule has 0 fully saturated rings. The maximum Gasteiger partial charge on any atom is 0.244 e. The van der Waals surface area contributed by atoms with Gasteiger partial charge in [-0.05, 0) is 23.8 Å². The standard InChI is InChI=1S/C15H12ClFN2O/c16-14-9-13(17)7-6-12(14)10-18-19-15(20)8-11-4-2-1-3-5-11/h1-7,9-10H,8H2,(H,19,20)/b18-10+. The molecule has 0 bridgehead atoms. The lowest BCUT2D eigenvalue weighted by Crippen LogP contribution is -2.19. The van der Waals surface area contributed by atoms with Gasteiger partial charge in [0, 0.05) is 5.56 Å². The third kappa shape index (κ3) is 4.17. The van der Waals surface area contributed by atoms with Crippen LogP contribution in [0.1, 0.15) is 11.1 Å². The molecule has 2 aromatic rings. The molecule has 0 saturated heterocycles. The van der Waals surface area contributed by atoms with E-state index < -0.39 is 5.82 Å². The van der Waals surface area contributed by atoms with Gasteiger partial charge in [0.1, 0.15) is 5.82 Å². The fraction of sp³-hybridized carbons (Fsp3) is 0.0667. The number of hydrazone groups is 1. The van der Waals surface area contributed by atoms with Crippen molar-refractivity contribution in [1.29, 1.82) is 0 Å². The number of carbonyl (C=O) groups is 1. The lowest BCUT2D eigenvalue weighted by Gasteiger charge is -2.00. The Kier molecular flexibility index (Phi) is 4.85. The molecule has 0 aromatic heterocycles. The van der Waals surface area contributed by atoms with Crippen LogP contribution in [0.3, 0.4) is 0 Å². The highest BCUT2D eigenvalue weighted by atomic mass is 35.5. The SMILES string of the molecule is O=C(Cc1ccccc1)N/N=C/c1ccc(F)cc1Cl. The number of hydrogen-bond donors (Lipinski definition) is 1. The average molecular weight is 291 g/mol. The molecule has 1 N–H and O–H groups in total. The van der Waals surface area contributed by atoms with Crippen LogP contribution in [0.5, 0.6) is 0 Å². The van der Waals surface area contributed by atoms with Crippen molar-refractivity contribution < 1.29 is 9.18 Å². The van der Waals surface area contributed by atoms with Crippen molar-refractivity contribution in [3.8, 4) is 0 Å². The van der Waals surface area contributed by atoms with Gasteiger partial charge >= 0.3 is 0 Å². The molecular weight excluding hydrogens is 279 g/mol. The van der Waals surface area contributed by atoms with Crippen molar-refractivity contribution in [2.24, 2.45) is 5.10 Å². The van der Waals surface area contributed by atoms with Gasteiger partial charge < -0.3 is 0 Å². The van der Waals surface area contributed by atoms with E-state index in [1.807, 2.05) is 30.3 Å². The Morgan fingerprint density at radius 2 is 2.00 bits per heavy atom. The van der Waals surface area contributed by atoms with Gasteiger partial charge in [-0.3, -0.25) is 4.79 Å². The van der Waals surface area contributed by atoms with Gasteiger partial charge in [-0.25, -0.2) is 9.82 Å². The third-order valence-corrected chi connectivity index (χ3v) is 2.89. The van der Waals surface area contributed by atoms with E-state index in [2.05, 4.69) is 10.5 Å². The van der Waals surface area contributed by atoms with Crippen molar-refractivity contribution in [3.63, 3.8) is 0 Å². The number of carbonyl (C=O) groups excluding carboxylic acids is 1. The second kappa shape index (κ2) is 6.82. The third-order valence-electron chi connectivity index (χ3n) is 2.56. The predicted octanol–water partition coefficient (Wildman–Crippen LogP) is 3.17. The minimum atomic E-state index is -0.416. The number of amides is 1. The minimum Gasteiger partial charge on any atom is -0.273 e. The van der Waals surface area contributed by atoms with Crippen LogP contribution in [0.2, 0.25) is 5.02 Å². The molecule has 0 saturated carbocycles. The highest BCUT2D eigenvalue weighted by molar-refractivity contribution is 6.33. The lowest BCUT2D eigenvalue weighted by molar-refractivity contribution is -0.120. The van der Waals surface area contributed by atoms with Crippen LogP contribution < -0.4 is 5.43 Å². The predicted molar refractivity (Wildman–Crippen MR) is 77.3 cm³/mol. The zero-order valence-corrected chi connectivity index (χ0v) is 11.3. The Balaban J connectivity index is 1.91. The van der Waals surface area contributed by atoms with Crippen LogP contribution in [-0.4, -0.2) is 12.1 Å². The van der Waals surface area contributed by atoms with Crippen molar-refractivity contribution in [2.45, 2.75) is 6.42 Å². The quantitative estimate of drug-likeness (QED) is 0.682. The molecule has 0 unspecified atom stereocenters. The van der Waals surface area contributed by atoms with E-state index in [9.17, 15) is 9.18 Å². The maximum absolute atomic E-state index is 12.8. The first-order chi connectivity index (χ1) is 9.65. The van der Waals surface area contributed by atoms with Crippen LogP contribution in [-0.2, 0) is 11.2 Å². The van der Waals surface area contributed by atoms with E-state index in [1.165, 1.54) is 24.4 Å². The normalized spacial score (nSPS) is 10.7.